The minimum absolute atomic E-state index is 0.561. The van der Waals surface area contributed by atoms with Crippen LogP contribution in [0.1, 0.15) is 85.5 Å². The van der Waals surface area contributed by atoms with Gasteiger partial charge in [0.25, 0.3) is 0 Å². The zero-order valence-corrected chi connectivity index (χ0v) is 13.7. The third kappa shape index (κ3) is 4.21. The maximum Gasteiger partial charge on any atom is 0.00698 e. The van der Waals surface area contributed by atoms with Gasteiger partial charge in [-0.1, -0.05) is 34.1 Å². The van der Waals surface area contributed by atoms with Crippen LogP contribution in [0.3, 0.4) is 0 Å². The predicted molar refractivity (Wildman–Crippen MR) is 84.4 cm³/mol. The Morgan fingerprint density at radius 1 is 0.842 bits per heavy atom. The molecule has 0 heterocycles. The molecule has 19 heavy (non-hydrogen) atoms. The fourth-order valence-corrected chi connectivity index (χ4v) is 4.09. The quantitative estimate of drug-likeness (QED) is 0.741. The lowest BCUT2D eigenvalue weighted by molar-refractivity contribution is 0.130. The summed E-state index contributed by atoms with van der Waals surface area (Å²) in [6.07, 6.45) is 12.8. The summed E-state index contributed by atoms with van der Waals surface area (Å²) < 4.78 is 0. The van der Waals surface area contributed by atoms with E-state index in [4.69, 9.17) is 0 Å². The molecule has 0 unspecified atom stereocenters. The molecule has 2 rings (SSSR count). The first-order valence-electron chi connectivity index (χ1n) is 8.77. The van der Waals surface area contributed by atoms with Gasteiger partial charge in [0.15, 0.2) is 0 Å². The Bertz CT molecular complexity index is 255. The summed E-state index contributed by atoms with van der Waals surface area (Å²) in [5.41, 5.74) is 0.561. The number of hydrogen-bond acceptors (Lipinski definition) is 1. The standard InChI is InChI=1S/C18H35N/c1-5-18(3,4)15-8-12-17(13-9-15)19-16-10-6-14(2)7-11-16/h14-17,19H,5-13H2,1-4H3. The van der Waals surface area contributed by atoms with Crippen molar-refractivity contribution < 1.29 is 0 Å². The van der Waals surface area contributed by atoms with E-state index in [0.29, 0.717) is 5.41 Å². The fourth-order valence-electron chi connectivity index (χ4n) is 4.09. The zero-order valence-electron chi connectivity index (χ0n) is 13.7. The zero-order chi connectivity index (χ0) is 13.9. The summed E-state index contributed by atoms with van der Waals surface area (Å²) in [5.74, 6) is 1.93. The van der Waals surface area contributed by atoms with E-state index in [2.05, 4.69) is 33.0 Å². The van der Waals surface area contributed by atoms with Crippen molar-refractivity contribution in [3.63, 3.8) is 0 Å². The number of nitrogens with one attached hydrogen (secondary N) is 1. The van der Waals surface area contributed by atoms with Crippen LogP contribution in [-0.2, 0) is 0 Å². The van der Waals surface area contributed by atoms with Crippen molar-refractivity contribution in [2.24, 2.45) is 17.3 Å². The summed E-state index contributed by atoms with van der Waals surface area (Å²) in [5, 5.41) is 3.97. The molecule has 1 nitrogen and oxygen atoms in total. The molecule has 0 atom stereocenters. The van der Waals surface area contributed by atoms with Gasteiger partial charge in [-0.3, -0.25) is 0 Å². The van der Waals surface area contributed by atoms with E-state index in [1.165, 1.54) is 57.8 Å². The van der Waals surface area contributed by atoms with Crippen molar-refractivity contribution in [1.82, 2.24) is 5.32 Å². The van der Waals surface area contributed by atoms with E-state index in [-0.39, 0.29) is 0 Å². The molecule has 0 aliphatic heterocycles. The van der Waals surface area contributed by atoms with Crippen molar-refractivity contribution in [2.45, 2.75) is 97.6 Å². The molecule has 112 valence electrons. The number of rotatable bonds is 4. The topological polar surface area (TPSA) is 12.0 Å². The van der Waals surface area contributed by atoms with Crippen LogP contribution < -0.4 is 5.32 Å². The molecule has 0 radical (unpaired) electrons. The molecule has 0 aromatic heterocycles. The lowest BCUT2D eigenvalue weighted by atomic mass is 9.69. The van der Waals surface area contributed by atoms with Gasteiger partial charge >= 0.3 is 0 Å². The third-order valence-electron chi connectivity index (χ3n) is 6.23. The van der Waals surface area contributed by atoms with E-state index in [0.717, 1.165) is 23.9 Å². The average molecular weight is 265 g/mol. The molecule has 0 amide bonds. The van der Waals surface area contributed by atoms with Gasteiger partial charge in [0.1, 0.15) is 0 Å². The van der Waals surface area contributed by atoms with Crippen molar-refractivity contribution in [2.75, 3.05) is 0 Å². The fraction of sp³-hybridized carbons (Fsp3) is 1.00. The van der Waals surface area contributed by atoms with Gasteiger partial charge in [-0.05, 0) is 68.6 Å². The molecule has 2 aliphatic carbocycles. The van der Waals surface area contributed by atoms with Gasteiger partial charge < -0.3 is 5.32 Å². The van der Waals surface area contributed by atoms with Crippen LogP contribution >= 0.6 is 0 Å². The van der Waals surface area contributed by atoms with Crippen molar-refractivity contribution >= 4 is 0 Å². The molecule has 0 saturated heterocycles. The summed E-state index contributed by atoms with van der Waals surface area (Å²) in [7, 11) is 0. The summed E-state index contributed by atoms with van der Waals surface area (Å²) in [6.45, 7) is 9.70. The summed E-state index contributed by atoms with van der Waals surface area (Å²) in [4.78, 5) is 0. The highest BCUT2D eigenvalue weighted by Gasteiger charge is 2.32. The molecule has 0 bridgehead atoms. The van der Waals surface area contributed by atoms with Crippen molar-refractivity contribution in [3.05, 3.63) is 0 Å². The van der Waals surface area contributed by atoms with Gasteiger partial charge in [-0.25, -0.2) is 0 Å². The van der Waals surface area contributed by atoms with Gasteiger partial charge in [0, 0.05) is 12.1 Å². The second-order valence-corrected chi connectivity index (χ2v) is 8.01. The van der Waals surface area contributed by atoms with Gasteiger partial charge in [0.2, 0.25) is 0 Å². The lowest BCUT2D eigenvalue weighted by Crippen LogP contribution is -2.43. The summed E-state index contributed by atoms with van der Waals surface area (Å²) in [6, 6.07) is 1.65. The van der Waals surface area contributed by atoms with Crippen molar-refractivity contribution in [1.29, 1.82) is 0 Å². The van der Waals surface area contributed by atoms with E-state index < -0.39 is 0 Å². The Labute approximate surface area is 120 Å². The summed E-state index contributed by atoms with van der Waals surface area (Å²) >= 11 is 0. The van der Waals surface area contributed by atoms with Crippen LogP contribution in [0.5, 0.6) is 0 Å². The Hall–Kier alpha value is -0.0400. The average Bonchev–Trinajstić information content (AvgIpc) is 2.42. The lowest BCUT2D eigenvalue weighted by Gasteiger charge is -2.40. The van der Waals surface area contributed by atoms with Crippen LogP contribution in [0.15, 0.2) is 0 Å². The highest BCUT2D eigenvalue weighted by Crippen LogP contribution is 2.40. The molecule has 2 saturated carbocycles. The molecular weight excluding hydrogens is 230 g/mol. The van der Waals surface area contributed by atoms with E-state index in [1.54, 1.807) is 0 Å². The maximum atomic E-state index is 3.97. The molecule has 2 aliphatic rings. The third-order valence-corrected chi connectivity index (χ3v) is 6.23. The Balaban J connectivity index is 1.72. The van der Waals surface area contributed by atoms with Crippen LogP contribution in [-0.4, -0.2) is 12.1 Å². The molecule has 0 aromatic rings. The van der Waals surface area contributed by atoms with Crippen LogP contribution in [0.25, 0.3) is 0 Å². The largest absolute Gasteiger partial charge is 0.311 e. The Morgan fingerprint density at radius 2 is 1.32 bits per heavy atom. The first-order valence-corrected chi connectivity index (χ1v) is 8.77. The monoisotopic (exact) mass is 265 g/mol. The first-order chi connectivity index (χ1) is 9.01. The highest BCUT2D eigenvalue weighted by molar-refractivity contribution is 4.87. The van der Waals surface area contributed by atoms with Crippen LogP contribution in [0, 0.1) is 17.3 Å². The van der Waals surface area contributed by atoms with E-state index in [1.807, 2.05) is 0 Å². The molecule has 1 N–H and O–H groups in total. The van der Waals surface area contributed by atoms with Gasteiger partial charge in [-0.2, -0.15) is 0 Å². The molecular formula is C18H35N. The van der Waals surface area contributed by atoms with E-state index in [9.17, 15) is 0 Å². The van der Waals surface area contributed by atoms with Crippen LogP contribution in [0.4, 0.5) is 0 Å². The molecule has 0 aromatic carbocycles. The molecule has 2 fully saturated rings. The Kier molecular flexibility index (Phi) is 5.34. The highest BCUT2D eigenvalue weighted by atomic mass is 15.0. The number of hydrogen-bond donors (Lipinski definition) is 1. The maximum absolute atomic E-state index is 3.97. The second kappa shape index (κ2) is 6.61. The van der Waals surface area contributed by atoms with Gasteiger partial charge in [0.05, 0.1) is 0 Å². The minimum Gasteiger partial charge on any atom is -0.311 e. The predicted octanol–water partition coefficient (Wildman–Crippen LogP) is 5.15. The second-order valence-electron chi connectivity index (χ2n) is 8.01. The SMILES string of the molecule is CCC(C)(C)C1CCC(NC2CCC(C)CC2)CC1. The Morgan fingerprint density at radius 3 is 1.79 bits per heavy atom. The van der Waals surface area contributed by atoms with Crippen molar-refractivity contribution in [3.8, 4) is 0 Å². The minimum atomic E-state index is 0.561. The molecule has 1 heteroatoms. The first kappa shape index (κ1) is 15.4. The molecule has 0 spiro atoms. The normalized spacial score (nSPS) is 37.3. The van der Waals surface area contributed by atoms with Gasteiger partial charge in [-0.15, -0.1) is 0 Å². The smallest absolute Gasteiger partial charge is 0.00698 e. The van der Waals surface area contributed by atoms with E-state index >= 15 is 0 Å². The van der Waals surface area contributed by atoms with Crippen LogP contribution in [0.2, 0.25) is 0 Å².